The van der Waals surface area contributed by atoms with Crippen molar-refractivity contribution >= 4 is 46.9 Å². The summed E-state index contributed by atoms with van der Waals surface area (Å²) in [6, 6.07) is 38.3. The molecule has 1 atom stereocenters. The predicted octanol–water partition coefficient (Wildman–Crippen LogP) is 7.89. The molecule has 5 aromatic rings. The van der Waals surface area contributed by atoms with Crippen molar-refractivity contribution in [3.8, 4) is 11.5 Å². The van der Waals surface area contributed by atoms with Crippen molar-refractivity contribution in [2.45, 2.75) is 17.1 Å². The number of thioether (sulfide) groups is 1. The van der Waals surface area contributed by atoms with Gasteiger partial charge in [-0.05, 0) is 72.7 Å². The first-order valence-corrected chi connectivity index (χ1v) is 16.0. The third-order valence-electron chi connectivity index (χ3n) is 7.26. The number of hydrogen-bond donors (Lipinski definition) is 3. The molecule has 242 valence electrons. The van der Waals surface area contributed by atoms with Crippen LogP contribution in [0, 0.1) is 6.92 Å². The Bertz CT molecular complexity index is 1910. The van der Waals surface area contributed by atoms with Crippen LogP contribution in [-0.2, 0) is 9.59 Å². The Hall–Kier alpha value is -5.80. The van der Waals surface area contributed by atoms with Gasteiger partial charge in [-0.3, -0.25) is 14.4 Å². The van der Waals surface area contributed by atoms with Crippen LogP contribution in [-0.4, -0.2) is 31.9 Å². The molecule has 0 spiro atoms. The molecular weight excluding hydrogens is 623 g/mol. The topological polar surface area (TPSA) is 106 Å². The molecule has 5 aromatic carbocycles. The average Bonchev–Trinajstić information content (AvgIpc) is 3.11. The van der Waals surface area contributed by atoms with Crippen LogP contribution in [0.1, 0.15) is 32.3 Å². The summed E-state index contributed by atoms with van der Waals surface area (Å²) in [5.74, 6) is -0.00469. The number of carbonyl (C=O) groups excluding carboxylic acids is 3. The summed E-state index contributed by atoms with van der Waals surface area (Å²) >= 11 is 1.37. The second-order valence-electron chi connectivity index (χ2n) is 10.7. The van der Waals surface area contributed by atoms with Gasteiger partial charge in [-0.15, -0.1) is 11.8 Å². The van der Waals surface area contributed by atoms with Gasteiger partial charge in [0.15, 0.2) is 0 Å². The Labute approximate surface area is 284 Å². The number of benzene rings is 5. The van der Waals surface area contributed by atoms with E-state index in [4.69, 9.17) is 9.47 Å². The third-order valence-corrected chi connectivity index (χ3v) is 8.52. The highest BCUT2D eigenvalue weighted by atomic mass is 32.2. The van der Waals surface area contributed by atoms with E-state index in [1.807, 2.05) is 79.7 Å². The monoisotopic (exact) mass is 657 g/mol. The van der Waals surface area contributed by atoms with E-state index in [-0.39, 0.29) is 11.6 Å². The van der Waals surface area contributed by atoms with Crippen LogP contribution in [0.5, 0.6) is 11.5 Å². The van der Waals surface area contributed by atoms with E-state index in [0.29, 0.717) is 28.4 Å². The minimum absolute atomic E-state index is 0.0997. The highest BCUT2D eigenvalue weighted by Crippen LogP contribution is 2.38. The van der Waals surface area contributed by atoms with E-state index in [2.05, 4.69) is 16.0 Å². The number of aryl methyl sites for hydroxylation is 1. The predicted molar refractivity (Wildman–Crippen MR) is 191 cm³/mol. The molecule has 0 saturated carbocycles. The smallest absolute Gasteiger partial charge is 0.272 e. The van der Waals surface area contributed by atoms with Gasteiger partial charge < -0.3 is 25.4 Å². The summed E-state index contributed by atoms with van der Waals surface area (Å²) in [4.78, 5) is 41.0. The van der Waals surface area contributed by atoms with Gasteiger partial charge in [-0.2, -0.15) is 0 Å². The zero-order chi connectivity index (χ0) is 33.9. The van der Waals surface area contributed by atoms with Crippen molar-refractivity contribution in [3.63, 3.8) is 0 Å². The molecule has 3 amide bonds. The Morgan fingerprint density at radius 1 is 0.729 bits per heavy atom. The lowest BCUT2D eigenvalue weighted by molar-refractivity contribution is -0.116. The van der Waals surface area contributed by atoms with E-state index in [9.17, 15) is 14.4 Å². The third kappa shape index (κ3) is 8.92. The largest absolute Gasteiger partial charge is 0.497 e. The molecule has 0 bridgehead atoms. The molecule has 0 fully saturated rings. The van der Waals surface area contributed by atoms with Crippen molar-refractivity contribution in [3.05, 3.63) is 155 Å². The zero-order valence-corrected chi connectivity index (χ0v) is 27.5. The molecule has 0 aliphatic carbocycles. The van der Waals surface area contributed by atoms with E-state index < -0.39 is 17.1 Å². The lowest BCUT2D eigenvalue weighted by Gasteiger charge is -2.19. The molecular formula is C39H35N3O5S. The van der Waals surface area contributed by atoms with Crippen LogP contribution in [0.4, 0.5) is 11.4 Å². The first kappa shape index (κ1) is 33.6. The molecule has 48 heavy (non-hydrogen) atoms. The van der Waals surface area contributed by atoms with Gasteiger partial charge in [0, 0.05) is 22.2 Å². The summed E-state index contributed by atoms with van der Waals surface area (Å²) in [7, 11) is 3.10. The van der Waals surface area contributed by atoms with Gasteiger partial charge in [0.1, 0.15) is 22.4 Å². The number of amides is 3. The van der Waals surface area contributed by atoms with E-state index in [0.717, 1.165) is 21.6 Å². The van der Waals surface area contributed by atoms with Gasteiger partial charge in [0.25, 0.3) is 11.8 Å². The second-order valence-corrected chi connectivity index (χ2v) is 11.9. The summed E-state index contributed by atoms with van der Waals surface area (Å²) < 4.78 is 10.8. The maximum Gasteiger partial charge on any atom is 0.272 e. The lowest BCUT2D eigenvalue weighted by Crippen LogP contribution is -2.30. The molecule has 0 radical (unpaired) electrons. The Morgan fingerprint density at radius 3 is 2.10 bits per heavy atom. The van der Waals surface area contributed by atoms with Crippen LogP contribution in [0.3, 0.4) is 0 Å². The number of rotatable bonds is 12. The van der Waals surface area contributed by atoms with Crippen molar-refractivity contribution in [1.29, 1.82) is 0 Å². The second kappa shape index (κ2) is 16.2. The molecule has 9 heteroatoms. The van der Waals surface area contributed by atoms with Gasteiger partial charge >= 0.3 is 0 Å². The van der Waals surface area contributed by atoms with Gasteiger partial charge in [-0.1, -0.05) is 78.4 Å². The van der Waals surface area contributed by atoms with E-state index >= 15 is 0 Å². The number of hydrogen-bond acceptors (Lipinski definition) is 6. The van der Waals surface area contributed by atoms with Gasteiger partial charge in [0.05, 0.1) is 19.9 Å². The van der Waals surface area contributed by atoms with Crippen molar-refractivity contribution in [2.24, 2.45) is 0 Å². The summed E-state index contributed by atoms with van der Waals surface area (Å²) in [6.07, 6.45) is 1.65. The number of anilines is 2. The quantitative estimate of drug-likeness (QED) is 0.0931. The summed E-state index contributed by atoms with van der Waals surface area (Å²) in [5.41, 5.74) is 4.21. The minimum atomic E-state index is -0.587. The molecule has 5 rings (SSSR count). The zero-order valence-electron chi connectivity index (χ0n) is 26.7. The number of methoxy groups -OCH3 is 2. The Balaban J connectivity index is 1.33. The van der Waals surface area contributed by atoms with Crippen molar-refractivity contribution in [1.82, 2.24) is 5.32 Å². The van der Waals surface area contributed by atoms with Gasteiger partial charge in [0.2, 0.25) is 5.91 Å². The number of nitrogens with one attached hydrogen (secondary N) is 3. The molecule has 0 aliphatic rings. The van der Waals surface area contributed by atoms with Crippen LogP contribution < -0.4 is 25.4 Å². The van der Waals surface area contributed by atoms with Crippen LogP contribution in [0.25, 0.3) is 6.08 Å². The fourth-order valence-corrected chi connectivity index (χ4v) is 5.85. The lowest BCUT2D eigenvalue weighted by atomic mass is 10.1. The fraction of sp³-hybridized carbons (Fsp3) is 0.103. The molecule has 8 nitrogen and oxygen atoms in total. The van der Waals surface area contributed by atoms with Gasteiger partial charge in [-0.25, -0.2) is 0 Å². The highest BCUT2D eigenvalue weighted by Gasteiger charge is 2.24. The molecule has 0 aliphatic heterocycles. The molecule has 3 N–H and O–H groups in total. The maximum atomic E-state index is 13.7. The van der Waals surface area contributed by atoms with E-state index in [1.165, 1.54) is 18.9 Å². The first-order valence-electron chi connectivity index (χ1n) is 15.1. The van der Waals surface area contributed by atoms with Crippen molar-refractivity contribution in [2.75, 3.05) is 24.9 Å². The van der Waals surface area contributed by atoms with Crippen LogP contribution >= 0.6 is 11.8 Å². The number of carbonyl (C=O) groups is 3. The minimum Gasteiger partial charge on any atom is -0.497 e. The van der Waals surface area contributed by atoms with Crippen molar-refractivity contribution < 1.29 is 23.9 Å². The SMILES string of the molecule is COc1ccc(NC(=O)C(Sc2ccc(NC(=O)/C(=C/c3cccc(C)c3)NC(=O)c3ccccc3)cc2)c2ccccc2)c(OC)c1. The fourth-order valence-electron chi connectivity index (χ4n) is 4.82. The molecule has 0 aromatic heterocycles. The molecule has 0 heterocycles. The highest BCUT2D eigenvalue weighted by molar-refractivity contribution is 8.00. The average molecular weight is 658 g/mol. The summed E-state index contributed by atoms with van der Waals surface area (Å²) in [6.45, 7) is 1.96. The van der Waals surface area contributed by atoms with Crippen LogP contribution in [0.2, 0.25) is 0 Å². The maximum absolute atomic E-state index is 13.7. The first-order chi connectivity index (χ1) is 23.3. The number of ether oxygens (including phenoxy) is 2. The Kier molecular flexibility index (Phi) is 11.3. The Morgan fingerprint density at radius 2 is 1.44 bits per heavy atom. The molecule has 1 unspecified atom stereocenters. The standard InChI is InChI=1S/C39H35N3O5S/c1-26-11-10-12-27(23-26)24-34(42-37(43)29-15-8-5-9-16-29)38(44)40-30-17-20-32(21-18-30)48-36(28-13-6-4-7-14-28)39(45)41-33-22-19-31(46-2)25-35(33)47-3/h4-25,36H,1-3H3,(H,40,44)(H,41,45)(H,42,43)/b34-24-. The van der Waals surface area contributed by atoms with Crippen LogP contribution in [0.15, 0.2) is 138 Å². The van der Waals surface area contributed by atoms with E-state index in [1.54, 1.807) is 67.8 Å². The normalized spacial score (nSPS) is 11.6. The molecule has 0 saturated heterocycles. The summed E-state index contributed by atoms with van der Waals surface area (Å²) in [5, 5.41) is 8.06.